The van der Waals surface area contributed by atoms with Crippen molar-refractivity contribution in [2.75, 3.05) is 13.2 Å². The second-order valence-electron chi connectivity index (χ2n) is 3.35. The molecular formula is C10H21NO2. The Kier molecular flexibility index (Phi) is 5.71. The van der Waals surface area contributed by atoms with E-state index in [-0.39, 0.29) is 12.0 Å². The zero-order chi connectivity index (χ0) is 10.4. The van der Waals surface area contributed by atoms with Crippen LogP contribution in [-0.2, 0) is 9.53 Å². The maximum atomic E-state index is 11.4. The lowest BCUT2D eigenvalue weighted by molar-refractivity contribution is -0.149. The molecule has 0 bridgehead atoms. The number of carbonyl (C=O) groups is 1. The summed E-state index contributed by atoms with van der Waals surface area (Å²) in [5.74, 6) is -0.127. The van der Waals surface area contributed by atoms with Gasteiger partial charge in [-0.15, -0.1) is 0 Å². The molecule has 0 amide bonds. The van der Waals surface area contributed by atoms with E-state index < -0.39 is 0 Å². The molecule has 0 N–H and O–H groups in total. The molecule has 3 heteroatoms. The monoisotopic (exact) mass is 187 g/mol. The van der Waals surface area contributed by atoms with E-state index in [1.807, 2.05) is 13.8 Å². The van der Waals surface area contributed by atoms with E-state index in [1.165, 1.54) is 0 Å². The highest BCUT2D eigenvalue weighted by molar-refractivity contribution is 5.75. The summed E-state index contributed by atoms with van der Waals surface area (Å²) in [7, 11) is 0. The predicted molar refractivity (Wildman–Crippen MR) is 53.6 cm³/mol. The first-order valence-electron chi connectivity index (χ1n) is 4.96. The summed E-state index contributed by atoms with van der Waals surface area (Å²) in [5, 5.41) is 0. The third-order valence-electron chi connectivity index (χ3n) is 2.15. The fraction of sp³-hybridized carbons (Fsp3) is 0.900. The Bertz CT molecular complexity index is 157. The topological polar surface area (TPSA) is 29.5 Å². The van der Waals surface area contributed by atoms with Crippen molar-refractivity contribution in [2.24, 2.45) is 0 Å². The van der Waals surface area contributed by atoms with Crippen molar-refractivity contribution < 1.29 is 9.53 Å². The largest absolute Gasteiger partial charge is 0.465 e. The smallest absolute Gasteiger partial charge is 0.323 e. The molecule has 0 aromatic rings. The van der Waals surface area contributed by atoms with Gasteiger partial charge in [0.25, 0.3) is 0 Å². The predicted octanol–water partition coefficient (Wildman–Crippen LogP) is 1.67. The number of ether oxygens (including phenoxy) is 1. The Balaban J connectivity index is 4.19. The molecule has 0 aromatic carbocycles. The van der Waals surface area contributed by atoms with Crippen molar-refractivity contribution in [1.82, 2.24) is 4.90 Å². The molecule has 78 valence electrons. The van der Waals surface area contributed by atoms with Crippen LogP contribution in [0.4, 0.5) is 0 Å². The summed E-state index contributed by atoms with van der Waals surface area (Å²) in [6.45, 7) is 11.3. The normalized spacial score (nSPS) is 13.5. The van der Waals surface area contributed by atoms with Gasteiger partial charge in [-0.25, -0.2) is 0 Å². The number of carbonyl (C=O) groups excluding carboxylic acids is 1. The fourth-order valence-corrected chi connectivity index (χ4v) is 1.48. The second kappa shape index (κ2) is 5.97. The second-order valence-corrected chi connectivity index (χ2v) is 3.35. The molecule has 0 rings (SSSR count). The minimum absolute atomic E-state index is 0.127. The Labute approximate surface area is 81.1 Å². The quantitative estimate of drug-likeness (QED) is 0.613. The number of nitrogens with zero attached hydrogens (tertiary/aromatic N) is 1. The number of rotatable bonds is 5. The Morgan fingerprint density at radius 1 is 1.31 bits per heavy atom. The van der Waals surface area contributed by atoms with Crippen molar-refractivity contribution in [2.45, 2.75) is 46.7 Å². The van der Waals surface area contributed by atoms with E-state index in [0.29, 0.717) is 12.6 Å². The van der Waals surface area contributed by atoms with Crippen LogP contribution in [0.3, 0.4) is 0 Å². The molecule has 0 fully saturated rings. The van der Waals surface area contributed by atoms with Gasteiger partial charge in [0.15, 0.2) is 0 Å². The molecule has 0 aliphatic rings. The van der Waals surface area contributed by atoms with Crippen molar-refractivity contribution in [1.29, 1.82) is 0 Å². The number of likely N-dealkylation sites (N-methyl/N-ethyl adjacent to an activating group) is 1. The summed E-state index contributed by atoms with van der Waals surface area (Å²) < 4.78 is 4.96. The van der Waals surface area contributed by atoms with Crippen LogP contribution in [0.15, 0.2) is 0 Å². The molecule has 1 unspecified atom stereocenters. The van der Waals surface area contributed by atoms with Crippen LogP contribution >= 0.6 is 0 Å². The van der Waals surface area contributed by atoms with Crippen LogP contribution in [-0.4, -0.2) is 36.1 Å². The minimum Gasteiger partial charge on any atom is -0.465 e. The average Bonchev–Trinajstić information content (AvgIpc) is 2.05. The lowest BCUT2D eigenvalue weighted by atomic mass is 10.2. The van der Waals surface area contributed by atoms with Gasteiger partial charge in [-0.3, -0.25) is 9.69 Å². The number of hydrogen-bond acceptors (Lipinski definition) is 3. The van der Waals surface area contributed by atoms with E-state index in [4.69, 9.17) is 4.74 Å². The van der Waals surface area contributed by atoms with Crippen LogP contribution in [0.1, 0.15) is 34.6 Å². The molecule has 0 heterocycles. The maximum absolute atomic E-state index is 11.4. The highest BCUT2D eigenvalue weighted by Gasteiger charge is 2.22. The van der Waals surface area contributed by atoms with Gasteiger partial charge in [-0.1, -0.05) is 6.92 Å². The molecule has 0 saturated carbocycles. The third-order valence-corrected chi connectivity index (χ3v) is 2.15. The highest BCUT2D eigenvalue weighted by Crippen LogP contribution is 2.06. The first-order chi connectivity index (χ1) is 6.04. The van der Waals surface area contributed by atoms with E-state index in [1.54, 1.807) is 0 Å². The number of esters is 1. The first kappa shape index (κ1) is 12.4. The molecule has 0 saturated heterocycles. The van der Waals surface area contributed by atoms with E-state index in [9.17, 15) is 4.79 Å². The molecule has 0 aromatic heterocycles. The van der Waals surface area contributed by atoms with E-state index in [0.717, 1.165) is 6.54 Å². The standard InChI is InChI=1S/C10H21NO2/c1-6-11(8(3)4)9(5)10(12)13-7-2/h8-9H,6-7H2,1-5H3. The molecular weight excluding hydrogens is 166 g/mol. The molecule has 0 spiro atoms. The van der Waals surface area contributed by atoms with Gasteiger partial charge in [0, 0.05) is 6.04 Å². The van der Waals surface area contributed by atoms with Crippen molar-refractivity contribution >= 4 is 5.97 Å². The van der Waals surface area contributed by atoms with E-state index >= 15 is 0 Å². The van der Waals surface area contributed by atoms with Gasteiger partial charge in [0.1, 0.15) is 6.04 Å². The molecule has 1 atom stereocenters. The summed E-state index contributed by atoms with van der Waals surface area (Å²) in [5.41, 5.74) is 0. The van der Waals surface area contributed by atoms with Gasteiger partial charge in [0.05, 0.1) is 6.61 Å². The SMILES string of the molecule is CCOC(=O)C(C)N(CC)C(C)C. The summed E-state index contributed by atoms with van der Waals surface area (Å²) in [6, 6.07) is 0.245. The zero-order valence-corrected chi connectivity index (χ0v) is 9.33. The van der Waals surface area contributed by atoms with Crippen LogP contribution in [0, 0.1) is 0 Å². The molecule has 0 aliphatic carbocycles. The molecule has 3 nitrogen and oxygen atoms in total. The Morgan fingerprint density at radius 2 is 1.85 bits per heavy atom. The lowest BCUT2D eigenvalue weighted by Gasteiger charge is -2.29. The molecule has 13 heavy (non-hydrogen) atoms. The average molecular weight is 187 g/mol. The molecule has 0 aliphatic heterocycles. The van der Waals surface area contributed by atoms with Crippen LogP contribution in [0.25, 0.3) is 0 Å². The summed E-state index contributed by atoms with van der Waals surface area (Å²) in [6.07, 6.45) is 0. The van der Waals surface area contributed by atoms with E-state index in [2.05, 4.69) is 25.7 Å². The van der Waals surface area contributed by atoms with Crippen molar-refractivity contribution in [3.8, 4) is 0 Å². The van der Waals surface area contributed by atoms with Crippen LogP contribution in [0.5, 0.6) is 0 Å². The van der Waals surface area contributed by atoms with Gasteiger partial charge >= 0.3 is 5.97 Å². The molecule has 0 radical (unpaired) electrons. The third kappa shape index (κ3) is 3.77. The maximum Gasteiger partial charge on any atom is 0.323 e. The Morgan fingerprint density at radius 3 is 2.15 bits per heavy atom. The summed E-state index contributed by atoms with van der Waals surface area (Å²) >= 11 is 0. The van der Waals surface area contributed by atoms with Crippen molar-refractivity contribution in [3.05, 3.63) is 0 Å². The summed E-state index contributed by atoms with van der Waals surface area (Å²) in [4.78, 5) is 13.5. The zero-order valence-electron chi connectivity index (χ0n) is 9.33. The first-order valence-corrected chi connectivity index (χ1v) is 4.96. The van der Waals surface area contributed by atoms with Gasteiger partial charge in [-0.2, -0.15) is 0 Å². The van der Waals surface area contributed by atoms with Crippen molar-refractivity contribution in [3.63, 3.8) is 0 Å². The lowest BCUT2D eigenvalue weighted by Crippen LogP contribution is -2.44. The van der Waals surface area contributed by atoms with Crippen LogP contribution in [0.2, 0.25) is 0 Å². The van der Waals surface area contributed by atoms with Gasteiger partial charge < -0.3 is 4.74 Å². The minimum atomic E-state index is -0.134. The van der Waals surface area contributed by atoms with Crippen LogP contribution < -0.4 is 0 Å². The van der Waals surface area contributed by atoms with Gasteiger partial charge in [-0.05, 0) is 34.2 Å². The fourth-order valence-electron chi connectivity index (χ4n) is 1.48. The Hall–Kier alpha value is -0.570. The van der Waals surface area contributed by atoms with Gasteiger partial charge in [0.2, 0.25) is 0 Å². The highest BCUT2D eigenvalue weighted by atomic mass is 16.5. The number of hydrogen-bond donors (Lipinski definition) is 0.